The molecule has 3 aromatic carbocycles. The van der Waals surface area contributed by atoms with Gasteiger partial charge >= 0.3 is 12.2 Å². The molecule has 3 fully saturated rings. The first kappa shape index (κ1) is 48.0. The zero-order chi connectivity index (χ0) is 47.8. The first-order valence-corrected chi connectivity index (χ1v) is 23.2. The summed E-state index contributed by atoms with van der Waals surface area (Å²) in [5, 5.41) is 11.3. The molecule has 3 saturated heterocycles. The summed E-state index contributed by atoms with van der Waals surface area (Å²) in [4.78, 5) is 88.5. The van der Waals surface area contributed by atoms with Crippen molar-refractivity contribution >= 4 is 52.9 Å². The quantitative estimate of drug-likeness (QED) is 0.0988. The molecule has 354 valence electrons. The van der Waals surface area contributed by atoms with Crippen LogP contribution in [-0.2, 0) is 28.7 Å². The minimum absolute atomic E-state index is 0.00850. The molecule has 7 rings (SSSR count). The lowest BCUT2D eigenvalue weighted by Gasteiger charge is -2.34. The number of hydrogen-bond donors (Lipinski definition) is 4. The van der Waals surface area contributed by atoms with E-state index in [1.165, 1.54) is 14.2 Å². The zero-order valence-electron chi connectivity index (χ0n) is 39.1. The molecule has 6 amide bonds. The van der Waals surface area contributed by atoms with E-state index in [-0.39, 0.29) is 47.5 Å². The Morgan fingerprint density at radius 2 is 1.03 bits per heavy atom. The number of likely N-dealkylation sites (tertiary alicyclic amines) is 2. The van der Waals surface area contributed by atoms with Crippen LogP contribution in [0, 0.1) is 11.8 Å². The van der Waals surface area contributed by atoms with Gasteiger partial charge in [-0.3, -0.25) is 24.2 Å². The van der Waals surface area contributed by atoms with Gasteiger partial charge in [0, 0.05) is 42.5 Å². The van der Waals surface area contributed by atoms with Crippen molar-refractivity contribution in [3.05, 3.63) is 108 Å². The second-order valence-corrected chi connectivity index (χ2v) is 18.1. The van der Waals surface area contributed by atoms with Gasteiger partial charge in [0.2, 0.25) is 23.6 Å². The molecular weight excluding hydrogens is 853 g/mol. The molecule has 16 nitrogen and oxygen atoms in total. The summed E-state index contributed by atoms with van der Waals surface area (Å²) in [5.41, 5.74) is 6.48. The molecule has 3 aliphatic rings. The van der Waals surface area contributed by atoms with Crippen LogP contribution in [0.15, 0.2) is 97.3 Å². The molecule has 0 unspecified atom stereocenters. The van der Waals surface area contributed by atoms with Crippen LogP contribution in [0.25, 0.3) is 11.1 Å². The highest BCUT2D eigenvalue weighted by molar-refractivity contribution is 5.99. The van der Waals surface area contributed by atoms with Crippen LogP contribution in [0.4, 0.5) is 26.7 Å². The van der Waals surface area contributed by atoms with Crippen LogP contribution < -0.4 is 26.2 Å². The van der Waals surface area contributed by atoms with Gasteiger partial charge in [0.05, 0.1) is 26.3 Å². The van der Waals surface area contributed by atoms with Gasteiger partial charge in [-0.1, -0.05) is 70.2 Å². The Morgan fingerprint density at radius 1 is 0.582 bits per heavy atom. The Labute approximate surface area is 392 Å². The minimum Gasteiger partial charge on any atom is -0.453 e. The maximum absolute atomic E-state index is 13.7. The first-order valence-electron chi connectivity index (χ1n) is 23.2. The third-order valence-corrected chi connectivity index (χ3v) is 13.1. The van der Waals surface area contributed by atoms with E-state index in [1.54, 1.807) is 16.0 Å². The standard InChI is InChI=1S/C51H62N8O8/c1-31(2)44(55-50(64)66-5)48(62)57-28-8-11-42(57)46(60)53-37-19-13-34(14-20-37)40-25-26-41(59(40)39-23-17-33(18-24-39)36-10-7-27-52-30-36)35-15-21-38(22-16-35)54-47(61)43-12-9-29-58(43)49(63)45(32(3)4)56-51(65)67-6/h7,10,13-24,27,30-32,40-45H,8-9,11-12,25-26,28-29H2,1-6H3,(H,53,60)(H,54,61)(H,55,64)(H,56,65)/t40-,41-,42+,43+,44+,45+/m1/s1. The molecular formula is C51H62N8O8. The summed E-state index contributed by atoms with van der Waals surface area (Å²) in [6.45, 7) is 8.18. The maximum atomic E-state index is 13.7. The van der Waals surface area contributed by atoms with Crippen molar-refractivity contribution in [2.24, 2.45) is 11.8 Å². The molecule has 0 spiro atoms. The first-order chi connectivity index (χ1) is 32.3. The Balaban J connectivity index is 1.07. The second kappa shape index (κ2) is 21.6. The van der Waals surface area contributed by atoms with E-state index in [4.69, 9.17) is 9.47 Å². The zero-order valence-corrected chi connectivity index (χ0v) is 39.1. The number of alkyl carbamates (subject to hydrolysis) is 2. The van der Waals surface area contributed by atoms with E-state index in [0.29, 0.717) is 50.1 Å². The van der Waals surface area contributed by atoms with Gasteiger partial charge in [-0.15, -0.1) is 0 Å². The average Bonchev–Trinajstić information content (AvgIpc) is 4.14. The Morgan fingerprint density at radius 3 is 1.42 bits per heavy atom. The second-order valence-electron chi connectivity index (χ2n) is 18.1. The topological polar surface area (TPSA) is 192 Å². The number of anilines is 3. The van der Waals surface area contributed by atoms with Crippen molar-refractivity contribution in [1.29, 1.82) is 0 Å². The van der Waals surface area contributed by atoms with Gasteiger partial charge in [0.1, 0.15) is 24.2 Å². The summed E-state index contributed by atoms with van der Waals surface area (Å²) >= 11 is 0. The van der Waals surface area contributed by atoms with E-state index >= 15 is 0 Å². The number of aromatic nitrogens is 1. The van der Waals surface area contributed by atoms with Gasteiger partial charge in [-0.25, -0.2) is 9.59 Å². The minimum atomic E-state index is -0.821. The van der Waals surface area contributed by atoms with Crippen LogP contribution in [0.2, 0.25) is 0 Å². The molecule has 4 N–H and O–H groups in total. The van der Waals surface area contributed by atoms with Gasteiger partial charge in [0.25, 0.3) is 0 Å². The number of rotatable bonds is 14. The van der Waals surface area contributed by atoms with Gasteiger partial charge < -0.3 is 45.4 Å². The van der Waals surface area contributed by atoms with Crippen LogP contribution in [0.5, 0.6) is 0 Å². The van der Waals surface area contributed by atoms with Crippen LogP contribution in [0.1, 0.15) is 89.4 Å². The number of carbonyl (C=O) groups is 6. The molecule has 4 heterocycles. The van der Waals surface area contributed by atoms with Crippen molar-refractivity contribution in [3.8, 4) is 11.1 Å². The van der Waals surface area contributed by atoms with Crippen molar-refractivity contribution in [2.45, 2.75) is 102 Å². The molecule has 4 aromatic rings. The average molecular weight is 915 g/mol. The molecule has 3 aliphatic heterocycles. The number of benzene rings is 3. The summed E-state index contributed by atoms with van der Waals surface area (Å²) in [6, 6.07) is 25.2. The molecule has 0 radical (unpaired) electrons. The number of nitrogens with zero attached hydrogens (tertiary/aromatic N) is 4. The van der Waals surface area contributed by atoms with Gasteiger partial charge in [0.15, 0.2) is 0 Å². The normalized spacial score (nSPS) is 20.0. The van der Waals surface area contributed by atoms with Gasteiger partial charge in [-0.2, -0.15) is 0 Å². The molecule has 0 bridgehead atoms. The molecule has 0 saturated carbocycles. The fourth-order valence-corrected chi connectivity index (χ4v) is 9.58. The third-order valence-electron chi connectivity index (χ3n) is 13.1. The number of carbonyl (C=O) groups excluding carboxylic acids is 6. The number of methoxy groups -OCH3 is 2. The van der Waals surface area contributed by atoms with Gasteiger partial charge in [-0.05, 0) is 115 Å². The molecule has 6 atom stereocenters. The highest BCUT2D eigenvalue weighted by atomic mass is 16.5. The third kappa shape index (κ3) is 11.0. The summed E-state index contributed by atoms with van der Waals surface area (Å²) in [6.07, 6.45) is 6.28. The molecule has 1 aromatic heterocycles. The highest BCUT2D eigenvalue weighted by Crippen LogP contribution is 2.47. The van der Waals surface area contributed by atoms with Crippen molar-refractivity contribution in [3.63, 3.8) is 0 Å². The molecule has 0 aliphatic carbocycles. The van der Waals surface area contributed by atoms with Crippen molar-refractivity contribution < 1.29 is 38.2 Å². The van der Waals surface area contributed by atoms with Crippen LogP contribution >= 0.6 is 0 Å². The van der Waals surface area contributed by atoms with Crippen molar-refractivity contribution in [1.82, 2.24) is 25.4 Å². The number of amides is 6. The predicted molar refractivity (Wildman–Crippen MR) is 255 cm³/mol. The largest absolute Gasteiger partial charge is 0.453 e. The van der Waals surface area contributed by atoms with E-state index in [9.17, 15) is 28.8 Å². The number of ether oxygens (including phenoxy) is 2. The van der Waals surface area contributed by atoms with Crippen LogP contribution in [-0.4, -0.2) is 102 Å². The Bertz CT molecular complexity index is 2250. The predicted octanol–water partition coefficient (Wildman–Crippen LogP) is 7.45. The number of pyridine rings is 1. The Hall–Kier alpha value is -6.97. The maximum Gasteiger partial charge on any atom is 0.407 e. The van der Waals surface area contributed by atoms with E-state index < -0.39 is 36.4 Å². The fraction of sp³-hybridized carbons (Fsp3) is 0.431. The number of hydrogen-bond acceptors (Lipinski definition) is 10. The van der Waals surface area contributed by atoms with E-state index in [0.717, 1.165) is 40.8 Å². The summed E-state index contributed by atoms with van der Waals surface area (Å²) < 4.78 is 9.49. The summed E-state index contributed by atoms with van der Waals surface area (Å²) in [7, 11) is 2.50. The summed E-state index contributed by atoms with van der Waals surface area (Å²) in [5.74, 6) is -1.60. The lowest BCUT2D eigenvalue weighted by atomic mass is 10.0. The monoisotopic (exact) mass is 914 g/mol. The lowest BCUT2D eigenvalue weighted by molar-refractivity contribution is -0.139. The number of nitrogens with one attached hydrogen (secondary N) is 4. The smallest absolute Gasteiger partial charge is 0.407 e. The Kier molecular flexibility index (Phi) is 15.4. The van der Waals surface area contributed by atoms with Crippen LogP contribution in [0.3, 0.4) is 0 Å². The van der Waals surface area contributed by atoms with E-state index in [2.05, 4.69) is 55.4 Å². The molecule has 67 heavy (non-hydrogen) atoms. The highest BCUT2D eigenvalue weighted by Gasteiger charge is 2.41. The van der Waals surface area contributed by atoms with Crippen molar-refractivity contribution in [2.75, 3.05) is 42.8 Å². The SMILES string of the molecule is COC(=O)N[C@H](C(=O)N1CCC[C@H]1C(=O)Nc1ccc([C@H]2CC[C@H](c3ccc(NC(=O)[C@@H]4CCCN4C(=O)[C@@H](NC(=O)OC)C(C)C)cc3)N2c2ccc(-c3cccnc3)cc2)cc1)C(C)C. The fourth-order valence-electron chi connectivity index (χ4n) is 9.58. The molecule has 16 heteroatoms. The van der Waals surface area contributed by atoms with E-state index in [1.807, 2.05) is 94.6 Å². The lowest BCUT2D eigenvalue weighted by Crippen LogP contribution is -2.54.